The Bertz CT molecular complexity index is 1590. The van der Waals surface area contributed by atoms with Crippen molar-refractivity contribution in [2.45, 2.75) is 6.92 Å². The van der Waals surface area contributed by atoms with Gasteiger partial charge in [0.15, 0.2) is 0 Å². The van der Waals surface area contributed by atoms with Crippen molar-refractivity contribution >= 4 is 34.0 Å². The molecule has 0 saturated heterocycles. The van der Waals surface area contributed by atoms with E-state index in [1.807, 2.05) is 42.0 Å². The number of benzene rings is 2. The Balaban J connectivity index is 1.47. The second-order valence-electron chi connectivity index (χ2n) is 7.90. The Morgan fingerprint density at radius 2 is 1.83 bits per heavy atom. The summed E-state index contributed by atoms with van der Waals surface area (Å²) in [7, 11) is 0. The molecule has 0 saturated carbocycles. The van der Waals surface area contributed by atoms with E-state index >= 15 is 0 Å². The number of nitrogen functional groups attached to an aromatic ring is 1. The van der Waals surface area contributed by atoms with E-state index < -0.39 is 4.92 Å². The van der Waals surface area contributed by atoms with Gasteiger partial charge in [0.1, 0.15) is 18.0 Å². The van der Waals surface area contributed by atoms with Crippen molar-refractivity contribution in [1.29, 1.82) is 0 Å². The van der Waals surface area contributed by atoms with Gasteiger partial charge in [-0.2, -0.15) is 0 Å². The molecule has 172 valence electrons. The number of nitrogens with zero attached hydrogens (tertiary/aromatic N) is 5. The van der Waals surface area contributed by atoms with E-state index in [0.717, 1.165) is 27.7 Å². The van der Waals surface area contributed by atoms with Gasteiger partial charge in [0.25, 0.3) is 11.6 Å². The molecule has 0 aliphatic rings. The Labute approximate surface area is 199 Å². The highest BCUT2D eigenvalue weighted by Gasteiger charge is 2.13. The third-order valence-electron chi connectivity index (χ3n) is 5.61. The van der Waals surface area contributed by atoms with Gasteiger partial charge in [-0.3, -0.25) is 19.9 Å². The van der Waals surface area contributed by atoms with Crippen molar-refractivity contribution in [2.75, 3.05) is 11.1 Å². The Hall–Kier alpha value is -5.12. The number of aromatic nitrogens is 4. The van der Waals surface area contributed by atoms with E-state index in [-0.39, 0.29) is 11.6 Å². The second-order valence-corrected chi connectivity index (χ2v) is 7.90. The lowest BCUT2D eigenvalue weighted by atomic mass is 10.0. The van der Waals surface area contributed by atoms with Crippen LogP contribution in [-0.4, -0.2) is 30.3 Å². The van der Waals surface area contributed by atoms with Crippen molar-refractivity contribution in [2.24, 2.45) is 0 Å². The Morgan fingerprint density at radius 1 is 1.03 bits per heavy atom. The van der Waals surface area contributed by atoms with Crippen LogP contribution in [0.15, 0.2) is 79.4 Å². The fourth-order valence-electron chi connectivity index (χ4n) is 3.78. The van der Waals surface area contributed by atoms with E-state index in [9.17, 15) is 14.9 Å². The van der Waals surface area contributed by atoms with Gasteiger partial charge >= 0.3 is 0 Å². The molecule has 3 N–H and O–H groups in total. The van der Waals surface area contributed by atoms with Crippen LogP contribution in [0.5, 0.6) is 0 Å². The summed E-state index contributed by atoms with van der Waals surface area (Å²) in [5.41, 5.74) is 10.1. The average Bonchev–Trinajstić information content (AvgIpc) is 3.28. The minimum atomic E-state index is -0.506. The zero-order valence-electron chi connectivity index (χ0n) is 18.5. The summed E-state index contributed by atoms with van der Waals surface area (Å²) in [6, 6.07) is 16.6. The molecule has 3 heterocycles. The van der Waals surface area contributed by atoms with E-state index in [0.29, 0.717) is 22.9 Å². The Kier molecular flexibility index (Phi) is 5.38. The molecule has 0 aliphatic carbocycles. The summed E-state index contributed by atoms with van der Waals surface area (Å²) < 4.78 is 1.91. The highest BCUT2D eigenvalue weighted by molar-refractivity contribution is 6.04. The molecule has 2 aromatic carbocycles. The predicted molar refractivity (Wildman–Crippen MR) is 132 cm³/mol. The first-order valence-corrected chi connectivity index (χ1v) is 10.6. The highest BCUT2D eigenvalue weighted by atomic mass is 16.6. The van der Waals surface area contributed by atoms with Gasteiger partial charge in [0.2, 0.25) is 0 Å². The second kappa shape index (κ2) is 8.67. The molecule has 3 aromatic heterocycles. The van der Waals surface area contributed by atoms with Crippen LogP contribution in [-0.2, 0) is 0 Å². The summed E-state index contributed by atoms with van der Waals surface area (Å²) in [6.07, 6.45) is 5.10. The molecule has 0 unspecified atom stereocenters. The van der Waals surface area contributed by atoms with Crippen molar-refractivity contribution in [3.05, 3.63) is 101 Å². The normalized spacial score (nSPS) is 10.9. The van der Waals surface area contributed by atoms with Crippen molar-refractivity contribution in [1.82, 2.24) is 19.5 Å². The number of carbonyl (C=O) groups excluding carboxylic acids is 1. The molecule has 10 heteroatoms. The highest BCUT2D eigenvalue weighted by Crippen LogP contribution is 2.29. The van der Waals surface area contributed by atoms with Crippen molar-refractivity contribution in [3.8, 4) is 17.1 Å². The lowest BCUT2D eigenvalue weighted by Crippen LogP contribution is -2.12. The molecule has 35 heavy (non-hydrogen) atoms. The third-order valence-corrected chi connectivity index (χ3v) is 5.61. The van der Waals surface area contributed by atoms with Crippen molar-refractivity contribution < 1.29 is 9.72 Å². The van der Waals surface area contributed by atoms with Gasteiger partial charge in [0, 0.05) is 52.8 Å². The summed E-state index contributed by atoms with van der Waals surface area (Å²) in [5.74, 6) is 0.650. The summed E-state index contributed by atoms with van der Waals surface area (Å²) in [4.78, 5) is 35.9. The molecule has 0 radical (unpaired) electrons. The number of anilines is 2. The first-order valence-electron chi connectivity index (χ1n) is 10.6. The van der Waals surface area contributed by atoms with Crippen LogP contribution in [0.1, 0.15) is 15.9 Å². The minimum absolute atomic E-state index is 0.0740. The number of nitrogens with two attached hydrogens (primary N) is 1. The number of non-ortho nitro benzene ring substituents is 1. The fraction of sp³-hybridized carbons (Fsp3) is 0.0400. The Morgan fingerprint density at radius 3 is 2.57 bits per heavy atom. The zero-order chi connectivity index (χ0) is 24.5. The summed E-state index contributed by atoms with van der Waals surface area (Å²) in [5, 5.41) is 14.6. The summed E-state index contributed by atoms with van der Waals surface area (Å²) in [6.45, 7) is 1.97. The molecule has 0 bridgehead atoms. The number of nitro benzene ring substituents is 1. The number of pyridine rings is 1. The SMILES string of the molecule is Cc1ccc(NC(=O)c2ccc([N+](=O)[O-])cc2)cc1-c1cc2c(ccn2-c2cc(N)ncn2)cn1. The van der Waals surface area contributed by atoms with Crippen LogP contribution < -0.4 is 11.1 Å². The van der Waals surface area contributed by atoms with Gasteiger partial charge in [-0.05, 0) is 48.9 Å². The number of nitro groups is 1. The molecule has 0 aliphatic heterocycles. The fourth-order valence-corrected chi connectivity index (χ4v) is 3.78. The van der Waals surface area contributed by atoms with Crippen LogP contribution in [0.25, 0.3) is 28.0 Å². The predicted octanol–water partition coefficient (Wildman–Crippen LogP) is 4.53. The number of hydrogen-bond acceptors (Lipinski definition) is 7. The van der Waals surface area contributed by atoms with Gasteiger partial charge in [-0.1, -0.05) is 6.07 Å². The third kappa shape index (κ3) is 4.27. The lowest BCUT2D eigenvalue weighted by Gasteiger charge is -2.11. The molecule has 0 fully saturated rings. The number of amides is 1. The van der Waals surface area contributed by atoms with Gasteiger partial charge < -0.3 is 15.6 Å². The first kappa shape index (κ1) is 21.7. The van der Waals surface area contributed by atoms with Crippen LogP contribution >= 0.6 is 0 Å². The lowest BCUT2D eigenvalue weighted by molar-refractivity contribution is -0.384. The molecule has 5 rings (SSSR count). The quantitative estimate of drug-likeness (QED) is 0.287. The molecular formula is C25H19N7O3. The van der Waals surface area contributed by atoms with E-state index in [1.54, 1.807) is 18.3 Å². The molecule has 1 amide bonds. The van der Waals surface area contributed by atoms with Crippen LogP contribution in [0.4, 0.5) is 17.2 Å². The van der Waals surface area contributed by atoms with E-state index in [1.165, 1.54) is 30.6 Å². The molecule has 0 atom stereocenters. The number of hydrogen-bond donors (Lipinski definition) is 2. The number of fused-ring (bicyclic) bond motifs is 1. The zero-order valence-corrected chi connectivity index (χ0v) is 18.5. The van der Waals surface area contributed by atoms with Gasteiger partial charge in [-0.15, -0.1) is 0 Å². The van der Waals surface area contributed by atoms with Crippen LogP contribution in [0, 0.1) is 17.0 Å². The molecule has 0 spiro atoms. The topological polar surface area (TPSA) is 142 Å². The number of carbonyl (C=O) groups is 1. The number of nitrogens with one attached hydrogen (secondary N) is 1. The largest absolute Gasteiger partial charge is 0.384 e. The summed E-state index contributed by atoms with van der Waals surface area (Å²) >= 11 is 0. The van der Waals surface area contributed by atoms with Gasteiger partial charge in [-0.25, -0.2) is 9.97 Å². The monoisotopic (exact) mass is 465 g/mol. The maximum atomic E-state index is 12.7. The minimum Gasteiger partial charge on any atom is -0.384 e. The van der Waals surface area contributed by atoms with E-state index in [2.05, 4.69) is 20.3 Å². The first-order chi connectivity index (χ1) is 16.9. The van der Waals surface area contributed by atoms with Crippen LogP contribution in [0.2, 0.25) is 0 Å². The van der Waals surface area contributed by atoms with Crippen molar-refractivity contribution in [3.63, 3.8) is 0 Å². The molecule has 5 aromatic rings. The number of aryl methyl sites for hydroxylation is 1. The van der Waals surface area contributed by atoms with Gasteiger partial charge in [0.05, 0.1) is 16.1 Å². The van der Waals surface area contributed by atoms with Crippen LogP contribution in [0.3, 0.4) is 0 Å². The maximum Gasteiger partial charge on any atom is 0.269 e. The average molecular weight is 465 g/mol. The standard InChI is InChI=1S/C25H19N7O3/c1-15-2-5-18(30-25(33)16-3-6-19(7-4-16)32(34)35)10-20(15)21-11-22-17(13-27-21)8-9-31(22)24-12-23(26)28-14-29-24/h2-14H,1H3,(H,30,33)(H2,26,28,29). The number of rotatable bonds is 5. The molecule has 10 nitrogen and oxygen atoms in total. The molecular weight excluding hydrogens is 446 g/mol. The smallest absolute Gasteiger partial charge is 0.269 e. The maximum absolute atomic E-state index is 12.7. The van der Waals surface area contributed by atoms with E-state index in [4.69, 9.17) is 5.73 Å².